The fraction of sp³-hybridized carbons (Fsp3) is 0.500. The van der Waals surface area contributed by atoms with Crippen molar-refractivity contribution < 1.29 is 0 Å². The molecule has 5 heteroatoms. The molecule has 1 heterocycles. The summed E-state index contributed by atoms with van der Waals surface area (Å²) in [4.78, 5) is 12.3. The van der Waals surface area contributed by atoms with Crippen LogP contribution in [0.5, 0.6) is 0 Å². The highest BCUT2D eigenvalue weighted by atomic mass is 32.2. The lowest BCUT2D eigenvalue weighted by Gasteiger charge is -2.11. The zero-order valence-electron chi connectivity index (χ0n) is 10.2. The van der Waals surface area contributed by atoms with Gasteiger partial charge in [0.2, 0.25) is 0 Å². The molecule has 3 nitrogen and oxygen atoms in total. The standard InChI is InChI=1S/C12H18N2OS2/c1-3-17-8-4-7-14-9(2)5-6-10(11(13)16)12(14)15/h5-6H,3-4,7-8H2,1-2H3,(H2,13,16). The Balaban J connectivity index is 2.87. The van der Waals surface area contributed by atoms with Gasteiger partial charge in [-0.2, -0.15) is 11.8 Å². The Bertz CT molecular complexity index is 454. The van der Waals surface area contributed by atoms with Crippen molar-refractivity contribution in [3.05, 3.63) is 33.7 Å². The molecule has 94 valence electrons. The molecule has 0 amide bonds. The van der Waals surface area contributed by atoms with Gasteiger partial charge in [0.1, 0.15) is 4.99 Å². The molecule has 0 saturated heterocycles. The molecule has 1 rings (SSSR count). The Morgan fingerprint density at radius 3 is 2.82 bits per heavy atom. The lowest BCUT2D eigenvalue weighted by molar-refractivity contribution is 0.638. The van der Waals surface area contributed by atoms with Gasteiger partial charge in [0, 0.05) is 12.2 Å². The van der Waals surface area contributed by atoms with E-state index in [4.69, 9.17) is 18.0 Å². The van der Waals surface area contributed by atoms with E-state index >= 15 is 0 Å². The summed E-state index contributed by atoms with van der Waals surface area (Å²) in [5.41, 5.74) is 6.85. The fourth-order valence-electron chi connectivity index (χ4n) is 1.61. The van der Waals surface area contributed by atoms with E-state index in [1.807, 2.05) is 24.8 Å². The van der Waals surface area contributed by atoms with Gasteiger partial charge in [-0.05, 0) is 37.0 Å². The Kier molecular flexibility index (Phi) is 5.71. The first-order valence-corrected chi connectivity index (χ1v) is 7.22. The lowest BCUT2D eigenvalue weighted by Crippen LogP contribution is -2.30. The minimum absolute atomic E-state index is 0.0704. The molecule has 0 aromatic carbocycles. The van der Waals surface area contributed by atoms with Crippen molar-refractivity contribution in [2.24, 2.45) is 5.73 Å². The average Bonchev–Trinajstić information content (AvgIpc) is 2.27. The van der Waals surface area contributed by atoms with Gasteiger partial charge in [0.15, 0.2) is 0 Å². The van der Waals surface area contributed by atoms with Crippen LogP contribution in [0.1, 0.15) is 24.6 Å². The average molecular weight is 270 g/mol. The molecule has 0 unspecified atom stereocenters. The first-order chi connectivity index (χ1) is 8.07. The van der Waals surface area contributed by atoms with Crippen molar-refractivity contribution in [2.75, 3.05) is 11.5 Å². The van der Waals surface area contributed by atoms with Crippen molar-refractivity contribution in [1.82, 2.24) is 4.57 Å². The predicted molar refractivity (Wildman–Crippen MR) is 78.9 cm³/mol. The Hall–Kier alpha value is -0.810. The largest absolute Gasteiger partial charge is 0.389 e. The van der Waals surface area contributed by atoms with Crippen LogP contribution < -0.4 is 11.3 Å². The molecule has 0 aliphatic heterocycles. The van der Waals surface area contributed by atoms with Crippen LogP contribution in [0.2, 0.25) is 0 Å². The van der Waals surface area contributed by atoms with Gasteiger partial charge in [-0.15, -0.1) is 0 Å². The topological polar surface area (TPSA) is 48.0 Å². The summed E-state index contributed by atoms with van der Waals surface area (Å²) >= 11 is 6.75. The second kappa shape index (κ2) is 6.81. The van der Waals surface area contributed by atoms with Crippen molar-refractivity contribution in [3.8, 4) is 0 Å². The molecular formula is C12H18N2OS2. The highest BCUT2D eigenvalue weighted by Crippen LogP contribution is 2.04. The molecule has 0 radical (unpaired) electrons. The fourth-order valence-corrected chi connectivity index (χ4v) is 2.38. The predicted octanol–water partition coefficient (Wildman–Crippen LogP) is 1.93. The van der Waals surface area contributed by atoms with E-state index < -0.39 is 0 Å². The number of nitrogens with zero attached hydrogens (tertiary/aromatic N) is 1. The maximum absolute atomic E-state index is 12.1. The summed E-state index contributed by atoms with van der Waals surface area (Å²) in [6.07, 6.45) is 0.986. The lowest BCUT2D eigenvalue weighted by atomic mass is 10.2. The van der Waals surface area contributed by atoms with E-state index in [9.17, 15) is 4.79 Å². The third-order valence-electron chi connectivity index (χ3n) is 2.53. The third kappa shape index (κ3) is 3.85. The summed E-state index contributed by atoms with van der Waals surface area (Å²) in [5, 5.41) is 0. The van der Waals surface area contributed by atoms with Crippen LogP contribution in [-0.4, -0.2) is 21.1 Å². The van der Waals surface area contributed by atoms with Crippen molar-refractivity contribution >= 4 is 29.0 Å². The first kappa shape index (κ1) is 14.3. The maximum Gasteiger partial charge on any atom is 0.260 e. The van der Waals surface area contributed by atoms with Crippen LogP contribution in [-0.2, 0) is 6.54 Å². The molecule has 17 heavy (non-hydrogen) atoms. The van der Waals surface area contributed by atoms with E-state index in [-0.39, 0.29) is 10.5 Å². The second-order valence-electron chi connectivity index (χ2n) is 3.76. The maximum atomic E-state index is 12.1. The second-order valence-corrected chi connectivity index (χ2v) is 5.59. The number of nitrogens with two attached hydrogens (primary N) is 1. The minimum atomic E-state index is -0.0704. The van der Waals surface area contributed by atoms with Crippen LogP contribution >= 0.6 is 24.0 Å². The molecule has 0 fully saturated rings. The van der Waals surface area contributed by atoms with Crippen LogP contribution in [0, 0.1) is 6.92 Å². The van der Waals surface area contributed by atoms with Gasteiger partial charge >= 0.3 is 0 Å². The number of hydrogen-bond acceptors (Lipinski definition) is 3. The normalized spacial score (nSPS) is 10.5. The SMILES string of the molecule is CCSCCCn1c(C)ccc(C(N)=S)c1=O. The highest BCUT2D eigenvalue weighted by molar-refractivity contribution is 7.99. The van der Waals surface area contributed by atoms with Crippen LogP contribution in [0.4, 0.5) is 0 Å². The van der Waals surface area contributed by atoms with E-state index in [0.717, 1.165) is 30.2 Å². The first-order valence-electron chi connectivity index (χ1n) is 5.66. The third-order valence-corrected chi connectivity index (χ3v) is 3.74. The van der Waals surface area contributed by atoms with Gasteiger partial charge < -0.3 is 10.3 Å². The number of rotatable bonds is 6. The zero-order valence-corrected chi connectivity index (χ0v) is 11.9. The van der Waals surface area contributed by atoms with Gasteiger partial charge in [0.25, 0.3) is 5.56 Å². The van der Waals surface area contributed by atoms with Crippen LogP contribution in [0.3, 0.4) is 0 Å². The van der Waals surface area contributed by atoms with Crippen molar-refractivity contribution in [1.29, 1.82) is 0 Å². The summed E-state index contributed by atoms with van der Waals surface area (Å²) in [6.45, 7) is 4.79. The number of thiocarbonyl (C=S) groups is 1. The number of aryl methyl sites for hydroxylation is 1. The van der Waals surface area contributed by atoms with Crippen molar-refractivity contribution in [2.45, 2.75) is 26.8 Å². The van der Waals surface area contributed by atoms with E-state index in [1.54, 1.807) is 10.6 Å². The summed E-state index contributed by atoms with van der Waals surface area (Å²) in [5.74, 6) is 2.18. The summed E-state index contributed by atoms with van der Waals surface area (Å²) < 4.78 is 1.75. The number of aromatic nitrogens is 1. The summed E-state index contributed by atoms with van der Waals surface area (Å²) in [7, 11) is 0. The van der Waals surface area contributed by atoms with Crippen molar-refractivity contribution in [3.63, 3.8) is 0 Å². The molecule has 0 spiro atoms. The van der Waals surface area contributed by atoms with Crippen LogP contribution in [0.25, 0.3) is 0 Å². The smallest absolute Gasteiger partial charge is 0.260 e. The Morgan fingerprint density at radius 2 is 2.24 bits per heavy atom. The van der Waals surface area contributed by atoms with Gasteiger partial charge in [-0.1, -0.05) is 19.1 Å². The summed E-state index contributed by atoms with van der Waals surface area (Å²) in [6, 6.07) is 3.60. The minimum Gasteiger partial charge on any atom is -0.389 e. The molecular weight excluding hydrogens is 252 g/mol. The van der Waals surface area contributed by atoms with E-state index in [1.165, 1.54) is 0 Å². The molecule has 1 aromatic heterocycles. The molecule has 0 bridgehead atoms. The molecule has 1 aromatic rings. The molecule has 0 aliphatic rings. The quantitative estimate of drug-likeness (QED) is 0.634. The molecule has 0 atom stereocenters. The van der Waals surface area contributed by atoms with Crippen LogP contribution in [0.15, 0.2) is 16.9 Å². The van der Waals surface area contributed by atoms with Gasteiger partial charge in [0.05, 0.1) is 5.56 Å². The number of pyridine rings is 1. The number of hydrogen-bond donors (Lipinski definition) is 1. The monoisotopic (exact) mass is 270 g/mol. The van der Waals surface area contributed by atoms with E-state index in [2.05, 4.69) is 6.92 Å². The number of thioether (sulfide) groups is 1. The molecule has 2 N–H and O–H groups in total. The Labute approximate surface area is 111 Å². The zero-order chi connectivity index (χ0) is 12.8. The van der Waals surface area contributed by atoms with Gasteiger partial charge in [-0.3, -0.25) is 4.79 Å². The molecule has 0 saturated carbocycles. The van der Waals surface area contributed by atoms with Gasteiger partial charge in [-0.25, -0.2) is 0 Å². The Morgan fingerprint density at radius 1 is 1.53 bits per heavy atom. The highest BCUT2D eigenvalue weighted by Gasteiger charge is 2.07. The molecule has 0 aliphatic carbocycles. The van der Waals surface area contributed by atoms with E-state index in [0.29, 0.717) is 5.56 Å².